The van der Waals surface area contributed by atoms with E-state index in [1.165, 1.54) is 5.56 Å². The smallest absolute Gasteiger partial charge is 0.393 e. The summed E-state index contributed by atoms with van der Waals surface area (Å²) in [5.74, 6) is 0. The minimum absolute atomic E-state index is 1.16. The van der Waals surface area contributed by atoms with Gasteiger partial charge in [0.2, 0.25) is 0 Å². The van der Waals surface area contributed by atoms with Crippen molar-refractivity contribution < 1.29 is 8.85 Å². The van der Waals surface area contributed by atoms with Gasteiger partial charge in [-0.1, -0.05) is 29.8 Å². The summed E-state index contributed by atoms with van der Waals surface area (Å²) in [7, 11) is 2.14. The first-order valence-electron chi connectivity index (χ1n) is 3.80. The van der Waals surface area contributed by atoms with E-state index < -0.39 is 9.28 Å². The summed E-state index contributed by atoms with van der Waals surface area (Å²) in [4.78, 5) is 0. The van der Waals surface area contributed by atoms with E-state index in [4.69, 9.17) is 8.85 Å². The molecule has 0 aliphatic heterocycles. The highest BCUT2D eigenvalue weighted by Gasteiger charge is 2.14. The van der Waals surface area contributed by atoms with Crippen molar-refractivity contribution in [2.24, 2.45) is 0 Å². The molecular weight excluding hydrogens is 168 g/mol. The molecule has 1 aromatic rings. The summed E-state index contributed by atoms with van der Waals surface area (Å²) < 4.78 is 10.4. The number of hydrogen-bond acceptors (Lipinski definition) is 2. The van der Waals surface area contributed by atoms with Crippen LogP contribution < -0.4 is 5.19 Å². The van der Waals surface area contributed by atoms with E-state index in [0.717, 1.165) is 5.19 Å². The topological polar surface area (TPSA) is 18.5 Å². The van der Waals surface area contributed by atoms with Gasteiger partial charge >= 0.3 is 9.28 Å². The predicted octanol–water partition coefficient (Wildman–Crippen LogP) is 0.983. The first-order valence-corrected chi connectivity index (χ1v) is 5.11. The lowest BCUT2D eigenvalue weighted by atomic mass is 10.2. The van der Waals surface area contributed by atoms with Gasteiger partial charge in [0.15, 0.2) is 0 Å². The monoisotopic (exact) mass is 181 g/mol. The van der Waals surface area contributed by atoms with Crippen LogP contribution in [0.3, 0.4) is 0 Å². The normalized spacial score (nSPS) is 10.7. The third-order valence-electron chi connectivity index (χ3n) is 1.62. The molecular formula is C9H13O2Si. The van der Waals surface area contributed by atoms with Gasteiger partial charge in [0.25, 0.3) is 0 Å². The molecule has 65 valence electrons. The second-order valence-corrected chi connectivity index (χ2v) is 4.53. The van der Waals surface area contributed by atoms with E-state index in [2.05, 4.69) is 19.1 Å². The number of aryl methyl sites for hydroxylation is 1. The molecule has 0 aliphatic rings. The Kier molecular flexibility index (Phi) is 3.46. The molecule has 0 saturated heterocycles. The van der Waals surface area contributed by atoms with Crippen LogP contribution in [-0.4, -0.2) is 23.5 Å². The molecule has 12 heavy (non-hydrogen) atoms. The highest BCUT2D eigenvalue weighted by atomic mass is 28.3. The highest BCUT2D eigenvalue weighted by Crippen LogP contribution is 1.95. The van der Waals surface area contributed by atoms with E-state index >= 15 is 0 Å². The lowest BCUT2D eigenvalue weighted by Crippen LogP contribution is -2.34. The summed E-state index contributed by atoms with van der Waals surface area (Å²) in [6, 6.07) is 8.22. The fourth-order valence-corrected chi connectivity index (χ4v) is 2.31. The van der Waals surface area contributed by atoms with Crippen molar-refractivity contribution in [3.05, 3.63) is 29.8 Å². The van der Waals surface area contributed by atoms with E-state index in [1.807, 2.05) is 12.1 Å². The minimum atomic E-state index is -1.22. The lowest BCUT2D eigenvalue weighted by molar-refractivity contribution is 0.292. The summed E-state index contributed by atoms with van der Waals surface area (Å²) in [6.45, 7) is 2.06. The number of rotatable bonds is 3. The Morgan fingerprint density at radius 1 is 1.17 bits per heavy atom. The van der Waals surface area contributed by atoms with Gasteiger partial charge in [-0.05, 0) is 12.1 Å². The van der Waals surface area contributed by atoms with Crippen LogP contribution in [-0.2, 0) is 8.85 Å². The Hall–Kier alpha value is -0.643. The summed E-state index contributed by atoms with van der Waals surface area (Å²) in [5.41, 5.74) is 1.24. The molecule has 0 unspecified atom stereocenters. The molecule has 0 amide bonds. The zero-order chi connectivity index (χ0) is 8.97. The maximum atomic E-state index is 5.22. The molecule has 0 atom stereocenters. The maximum absolute atomic E-state index is 5.22. The first-order chi connectivity index (χ1) is 5.77. The number of benzene rings is 1. The molecule has 1 rings (SSSR count). The number of hydrogen-bond donors (Lipinski definition) is 0. The molecule has 0 bridgehead atoms. The fraction of sp³-hybridized carbons (Fsp3) is 0.333. The van der Waals surface area contributed by atoms with Gasteiger partial charge in [-0.3, -0.25) is 0 Å². The van der Waals surface area contributed by atoms with E-state index in [-0.39, 0.29) is 0 Å². The van der Waals surface area contributed by atoms with Gasteiger partial charge in [-0.2, -0.15) is 0 Å². The van der Waals surface area contributed by atoms with Crippen LogP contribution in [0.4, 0.5) is 0 Å². The van der Waals surface area contributed by atoms with Crippen molar-refractivity contribution in [3.63, 3.8) is 0 Å². The van der Waals surface area contributed by atoms with Crippen LogP contribution in [0.25, 0.3) is 0 Å². The van der Waals surface area contributed by atoms with Crippen molar-refractivity contribution in [1.29, 1.82) is 0 Å². The standard InChI is InChI=1S/C9H13O2Si/c1-8-5-4-6-9(7-8)12(10-2)11-3/h4-7H,1-3H3. The summed E-state index contributed by atoms with van der Waals surface area (Å²) >= 11 is 0. The maximum Gasteiger partial charge on any atom is 0.423 e. The minimum Gasteiger partial charge on any atom is -0.393 e. The molecule has 3 heteroatoms. The molecule has 2 nitrogen and oxygen atoms in total. The van der Waals surface area contributed by atoms with Crippen LogP contribution in [0.15, 0.2) is 24.3 Å². The molecule has 0 aromatic heterocycles. The predicted molar refractivity (Wildman–Crippen MR) is 50.6 cm³/mol. The Morgan fingerprint density at radius 3 is 2.33 bits per heavy atom. The van der Waals surface area contributed by atoms with Crippen molar-refractivity contribution in [2.45, 2.75) is 6.92 Å². The van der Waals surface area contributed by atoms with Crippen LogP contribution in [0.1, 0.15) is 5.56 Å². The Bertz CT molecular complexity index is 246. The van der Waals surface area contributed by atoms with Gasteiger partial charge < -0.3 is 8.85 Å². The van der Waals surface area contributed by atoms with E-state index in [0.29, 0.717) is 0 Å². The Balaban J connectivity index is 2.85. The van der Waals surface area contributed by atoms with Gasteiger partial charge in [0, 0.05) is 14.2 Å². The van der Waals surface area contributed by atoms with E-state index in [1.54, 1.807) is 14.2 Å². The summed E-state index contributed by atoms with van der Waals surface area (Å²) in [5, 5.41) is 1.16. The fourth-order valence-electron chi connectivity index (χ4n) is 1.09. The van der Waals surface area contributed by atoms with Gasteiger partial charge in [0.05, 0.1) is 0 Å². The van der Waals surface area contributed by atoms with Gasteiger partial charge in [-0.25, -0.2) is 0 Å². The summed E-state index contributed by atoms with van der Waals surface area (Å²) in [6.07, 6.45) is 0. The van der Waals surface area contributed by atoms with E-state index in [9.17, 15) is 0 Å². The van der Waals surface area contributed by atoms with Gasteiger partial charge in [-0.15, -0.1) is 0 Å². The molecule has 0 heterocycles. The molecule has 1 aromatic carbocycles. The zero-order valence-corrected chi connectivity index (χ0v) is 8.63. The average molecular weight is 181 g/mol. The Labute approximate surface area is 75.0 Å². The molecule has 0 fully saturated rings. The lowest BCUT2D eigenvalue weighted by Gasteiger charge is -2.09. The molecule has 0 saturated carbocycles. The van der Waals surface area contributed by atoms with Crippen molar-refractivity contribution in [3.8, 4) is 0 Å². The largest absolute Gasteiger partial charge is 0.423 e. The van der Waals surface area contributed by atoms with Crippen molar-refractivity contribution in [2.75, 3.05) is 14.2 Å². The van der Waals surface area contributed by atoms with Crippen LogP contribution in [0.2, 0.25) is 0 Å². The van der Waals surface area contributed by atoms with Crippen LogP contribution in [0.5, 0.6) is 0 Å². The quantitative estimate of drug-likeness (QED) is 0.647. The molecule has 1 radical (unpaired) electrons. The SMILES string of the molecule is CO[Si](OC)c1cccc(C)c1. The third kappa shape index (κ3) is 2.17. The van der Waals surface area contributed by atoms with Crippen LogP contribution >= 0.6 is 0 Å². The van der Waals surface area contributed by atoms with Gasteiger partial charge in [0.1, 0.15) is 0 Å². The zero-order valence-electron chi connectivity index (χ0n) is 7.63. The molecule has 0 aliphatic carbocycles. The second-order valence-electron chi connectivity index (χ2n) is 2.57. The first kappa shape index (κ1) is 9.44. The third-order valence-corrected chi connectivity index (χ3v) is 3.15. The highest BCUT2D eigenvalue weighted by molar-refractivity contribution is 6.61. The van der Waals surface area contributed by atoms with Crippen molar-refractivity contribution >= 4 is 14.5 Å². The van der Waals surface area contributed by atoms with Crippen molar-refractivity contribution in [1.82, 2.24) is 0 Å². The van der Waals surface area contributed by atoms with Crippen LogP contribution in [0, 0.1) is 6.92 Å². The average Bonchev–Trinajstić information content (AvgIpc) is 2.07. The second kappa shape index (κ2) is 4.40. The Morgan fingerprint density at radius 2 is 1.83 bits per heavy atom. The molecule has 0 spiro atoms. The molecule has 0 N–H and O–H groups in total.